The lowest BCUT2D eigenvalue weighted by molar-refractivity contribution is 0.0728. The summed E-state index contributed by atoms with van der Waals surface area (Å²) in [5.41, 5.74) is 6.78. The monoisotopic (exact) mass is 395 g/mol. The van der Waals surface area contributed by atoms with Crippen molar-refractivity contribution in [3.8, 4) is 0 Å². The molecule has 0 N–H and O–H groups in total. The highest BCUT2D eigenvalue weighted by Gasteiger charge is 2.20. The van der Waals surface area contributed by atoms with E-state index >= 15 is 0 Å². The van der Waals surface area contributed by atoms with E-state index in [4.69, 9.17) is 4.98 Å². The van der Waals surface area contributed by atoms with Crippen molar-refractivity contribution in [2.45, 2.75) is 33.9 Å². The number of carbonyl (C=O) groups is 1. The third kappa shape index (κ3) is 4.23. The van der Waals surface area contributed by atoms with Crippen molar-refractivity contribution >= 4 is 16.8 Å². The van der Waals surface area contributed by atoms with Gasteiger partial charge in [0.2, 0.25) is 0 Å². The Morgan fingerprint density at radius 3 is 2.53 bits per heavy atom. The van der Waals surface area contributed by atoms with E-state index in [2.05, 4.69) is 30.1 Å². The number of hydrogen-bond donors (Lipinski definition) is 0. The highest BCUT2D eigenvalue weighted by Crippen LogP contribution is 2.22. The Balaban J connectivity index is 1.73. The predicted molar refractivity (Wildman–Crippen MR) is 120 cm³/mol. The van der Waals surface area contributed by atoms with Crippen LogP contribution in [0.1, 0.15) is 38.3 Å². The van der Waals surface area contributed by atoms with E-state index in [0.29, 0.717) is 18.7 Å². The summed E-state index contributed by atoms with van der Waals surface area (Å²) in [5, 5.41) is 0.978. The quantitative estimate of drug-likeness (QED) is 0.455. The van der Waals surface area contributed by atoms with Gasteiger partial charge in [0.1, 0.15) is 0 Å². The van der Waals surface area contributed by atoms with E-state index in [1.807, 2.05) is 67.4 Å². The normalized spacial score (nSPS) is 10.9. The number of carbonyl (C=O) groups excluding carboxylic acids is 1. The molecule has 0 fully saturated rings. The molecule has 0 aliphatic rings. The molecule has 0 spiro atoms. The summed E-state index contributed by atoms with van der Waals surface area (Å²) in [5.74, 6) is -0.0189. The van der Waals surface area contributed by atoms with E-state index in [0.717, 1.165) is 33.3 Å². The number of aromatic nitrogens is 2. The standard InChI is InChI=1S/C26H25N3O/c1-18-10-11-22-14-24(20(3)28-25(22)13-18)26(30)29(16-21-8-6-12-27-15-21)17-23-9-5-4-7-19(23)2/h4-15H,16-17H2,1-3H3. The Bertz CT molecular complexity index is 1200. The third-order valence-electron chi connectivity index (χ3n) is 5.40. The SMILES string of the molecule is Cc1ccc2cc(C(=O)N(Cc3cccnc3)Cc3ccccc3C)c(C)nc2c1. The van der Waals surface area contributed by atoms with Gasteiger partial charge in [0.25, 0.3) is 5.91 Å². The highest BCUT2D eigenvalue weighted by molar-refractivity contribution is 5.98. The first-order valence-corrected chi connectivity index (χ1v) is 10.1. The minimum Gasteiger partial charge on any atom is -0.330 e. The summed E-state index contributed by atoms with van der Waals surface area (Å²) < 4.78 is 0. The van der Waals surface area contributed by atoms with Crippen molar-refractivity contribution in [1.82, 2.24) is 14.9 Å². The second-order valence-electron chi connectivity index (χ2n) is 7.77. The number of benzene rings is 2. The third-order valence-corrected chi connectivity index (χ3v) is 5.40. The Hall–Kier alpha value is -3.53. The first kappa shape index (κ1) is 19.8. The minimum absolute atomic E-state index is 0.0189. The molecule has 0 atom stereocenters. The maximum Gasteiger partial charge on any atom is 0.256 e. The van der Waals surface area contributed by atoms with Crippen LogP contribution in [0.5, 0.6) is 0 Å². The Morgan fingerprint density at radius 1 is 0.933 bits per heavy atom. The van der Waals surface area contributed by atoms with Gasteiger partial charge in [-0.2, -0.15) is 0 Å². The van der Waals surface area contributed by atoms with Crippen LogP contribution in [0.4, 0.5) is 0 Å². The van der Waals surface area contributed by atoms with Gasteiger partial charge in [0, 0.05) is 30.9 Å². The zero-order valence-electron chi connectivity index (χ0n) is 17.6. The molecular formula is C26H25N3O. The molecule has 0 aliphatic carbocycles. The molecule has 4 heteroatoms. The molecule has 2 aromatic heterocycles. The molecule has 0 aliphatic heterocycles. The zero-order valence-corrected chi connectivity index (χ0v) is 17.6. The number of amides is 1. The Kier molecular flexibility index (Phi) is 5.57. The minimum atomic E-state index is -0.0189. The van der Waals surface area contributed by atoms with Gasteiger partial charge in [-0.25, -0.2) is 0 Å². The molecule has 0 saturated heterocycles. The van der Waals surface area contributed by atoms with Crippen molar-refractivity contribution in [3.63, 3.8) is 0 Å². The summed E-state index contributed by atoms with van der Waals surface area (Å²) in [6.07, 6.45) is 3.56. The molecule has 4 nitrogen and oxygen atoms in total. The van der Waals surface area contributed by atoms with Gasteiger partial charge in [-0.3, -0.25) is 14.8 Å². The summed E-state index contributed by atoms with van der Waals surface area (Å²) >= 11 is 0. The van der Waals surface area contributed by atoms with E-state index < -0.39 is 0 Å². The van der Waals surface area contributed by atoms with Crippen LogP contribution in [-0.2, 0) is 13.1 Å². The number of aryl methyl sites for hydroxylation is 3. The fourth-order valence-corrected chi connectivity index (χ4v) is 3.66. The van der Waals surface area contributed by atoms with Gasteiger partial charge in [-0.05, 0) is 61.2 Å². The highest BCUT2D eigenvalue weighted by atomic mass is 16.2. The first-order chi connectivity index (χ1) is 14.5. The van der Waals surface area contributed by atoms with Crippen LogP contribution in [0.25, 0.3) is 10.9 Å². The summed E-state index contributed by atoms with van der Waals surface area (Å²) in [4.78, 5) is 24.5. The lowest BCUT2D eigenvalue weighted by Crippen LogP contribution is -2.31. The van der Waals surface area contributed by atoms with E-state index in [1.165, 1.54) is 5.56 Å². The maximum absolute atomic E-state index is 13.7. The van der Waals surface area contributed by atoms with Crippen molar-refractivity contribution in [2.24, 2.45) is 0 Å². The van der Waals surface area contributed by atoms with Crippen molar-refractivity contribution in [3.05, 3.63) is 107 Å². The van der Waals surface area contributed by atoms with Crippen molar-refractivity contribution in [1.29, 1.82) is 0 Å². The molecule has 0 unspecified atom stereocenters. The molecular weight excluding hydrogens is 370 g/mol. The summed E-state index contributed by atoms with van der Waals surface area (Å²) in [7, 11) is 0. The molecule has 2 heterocycles. The van der Waals surface area contributed by atoms with Crippen molar-refractivity contribution in [2.75, 3.05) is 0 Å². The largest absolute Gasteiger partial charge is 0.330 e. The number of hydrogen-bond acceptors (Lipinski definition) is 3. The summed E-state index contributed by atoms with van der Waals surface area (Å²) in [6.45, 7) is 7.06. The number of rotatable bonds is 5. The van der Waals surface area contributed by atoms with Crippen LogP contribution in [0, 0.1) is 20.8 Å². The average Bonchev–Trinajstić information content (AvgIpc) is 2.74. The lowest BCUT2D eigenvalue weighted by atomic mass is 10.0. The maximum atomic E-state index is 13.7. The van der Waals surface area contributed by atoms with Crippen LogP contribution in [0.3, 0.4) is 0 Å². The molecule has 2 aromatic carbocycles. The molecule has 1 amide bonds. The lowest BCUT2D eigenvalue weighted by Gasteiger charge is -2.24. The molecule has 4 rings (SSSR count). The van der Waals surface area contributed by atoms with E-state index in [-0.39, 0.29) is 5.91 Å². The number of nitrogens with zero attached hydrogens (tertiary/aromatic N) is 3. The van der Waals surface area contributed by atoms with E-state index in [1.54, 1.807) is 6.20 Å². The van der Waals surface area contributed by atoms with E-state index in [9.17, 15) is 4.79 Å². The number of fused-ring (bicyclic) bond motifs is 1. The van der Waals surface area contributed by atoms with Crippen LogP contribution >= 0.6 is 0 Å². The van der Waals surface area contributed by atoms with Crippen LogP contribution < -0.4 is 0 Å². The Labute approximate surface area is 177 Å². The fraction of sp³-hybridized carbons (Fsp3) is 0.192. The molecule has 4 aromatic rings. The molecule has 30 heavy (non-hydrogen) atoms. The van der Waals surface area contributed by atoms with Gasteiger partial charge in [-0.1, -0.05) is 42.5 Å². The van der Waals surface area contributed by atoms with Gasteiger partial charge in [-0.15, -0.1) is 0 Å². The Morgan fingerprint density at radius 2 is 1.77 bits per heavy atom. The van der Waals surface area contributed by atoms with Crippen LogP contribution in [0.15, 0.2) is 73.1 Å². The van der Waals surface area contributed by atoms with Crippen LogP contribution in [-0.4, -0.2) is 20.8 Å². The predicted octanol–water partition coefficient (Wildman–Crippen LogP) is 5.40. The first-order valence-electron chi connectivity index (χ1n) is 10.1. The topological polar surface area (TPSA) is 46.1 Å². The average molecular weight is 396 g/mol. The van der Waals surface area contributed by atoms with Gasteiger partial charge in [0.05, 0.1) is 16.8 Å². The molecule has 0 saturated carbocycles. The smallest absolute Gasteiger partial charge is 0.256 e. The summed E-state index contributed by atoms with van der Waals surface area (Å²) in [6, 6.07) is 20.2. The van der Waals surface area contributed by atoms with Crippen molar-refractivity contribution < 1.29 is 4.79 Å². The molecule has 150 valence electrons. The second-order valence-corrected chi connectivity index (χ2v) is 7.77. The fourth-order valence-electron chi connectivity index (χ4n) is 3.66. The number of pyridine rings is 2. The molecule has 0 bridgehead atoms. The van der Waals surface area contributed by atoms with Gasteiger partial charge < -0.3 is 4.90 Å². The zero-order chi connectivity index (χ0) is 21.1. The second kappa shape index (κ2) is 8.46. The van der Waals surface area contributed by atoms with Gasteiger partial charge in [0.15, 0.2) is 0 Å². The molecule has 0 radical (unpaired) electrons. The van der Waals surface area contributed by atoms with Crippen LogP contribution in [0.2, 0.25) is 0 Å². The van der Waals surface area contributed by atoms with Gasteiger partial charge >= 0.3 is 0 Å².